The highest BCUT2D eigenvalue weighted by atomic mass is 35.5. The fourth-order valence-electron chi connectivity index (χ4n) is 3.45. The van der Waals surface area contributed by atoms with Crippen molar-refractivity contribution in [2.45, 2.75) is 50.4 Å². The van der Waals surface area contributed by atoms with Crippen LogP contribution in [0.4, 0.5) is 0 Å². The lowest BCUT2D eigenvalue weighted by atomic mass is 9.94. The van der Waals surface area contributed by atoms with E-state index < -0.39 is 0 Å². The zero-order valence-electron chi connectivity index (χ0n) is 14.6. The summed E-state index contributed by atoms with van der Waals surface area (Å²) in [6, 6.07) is 0. The number of fused-ring (bicyclic) bond motifs is 1. The summed E-state index contributed by atoms with van der Waals surface area (Å²) in [5, 5.41) is 15.0. The maximum atomic E-state index is 12.8. The summed E-state index contributed by atoms with van der Waals surface area (Å²) in [5.41, 5.74) is 1.82. The van der Waals surface area contributed by atoms with E-state index in [2.05, 4.69) is 15.3 Å². The Labute approximate surface area is 165 Å². The number of aliphatic hydroxyl groups is 1. The molecule has 2 heterocycles. The minimum absolute atomic E-state index is 0.0821. The minimum atomic E-state index is -0.254. The van der Waals surface area contributed by atoms with Crippen molar-refractivity contribution < 1.29 is 14.6 Å². The molecule has 8 heteroatoms. The van der Waals surface area contributed by atoms with Gasteiger partial charge in [0, 0.05) is 22.3 Å². The van der Waals surface area contributed by atoms with Gasteiger partial charge in [0.1, 0.15) is 12.4 Å². The number of halogens is 1. The number of aliphatic hydroxyl groups excluding tert-OH is 1. The summed E-state index contributed by atoms with van der Waals surface area (Å²) in [4.78, 5) is 21.0. The standard InChI is InChI=1S/C19H20ClN3O3S/c20-11-1-6-16(26-13-4-2-12(24)3-5-13)15(7-11)23-19(25)14-9-27-17-8-21-10-22-18(14)17/h1,7-10,12-13,16,24H,2-6H2,(H,23,25)/t12-,13+,16?. The van der Waals surface area contributed by atoms with Gasteiger partial charge in [-0.3, -0.25) is 4.79 Å². The van der Waals surface area contributed by atoms with Gasteiger partial charge >= 0.3 is 0 Å². The molecule has 0 saturated heterocycles. The Hall–Kier alpha value is -1.80. The second-order valence-corrected chi connectivity index (χ2v) is 8.17. The molecule has 0 aromatic carbocycles. The van der Waals surface area contributed by atoms with Gasteiger partial charge in [-0.05, 0) is 38.2 Å². The fraction of sp³-hybridized carbons (Fsp3) is 0.421. The van der Waals surface area contributed by atoms with Gasteiger partial charge in [-0.1, -0.05) is 17.7 Å². The molecule has 0 spiro atoms. The number of nitrogens with zero attached hydrogens (tertiary/aromatic N) is 2. The van der Waals surface area contributed by atoms with Crippen LogP contribution in [-0.4, -0.2) is 39.3 Å². The van der Waals surface area contributed by atoms with Crippen LogP contribution in [0.15, 0.2) is 40.8 Å². The molecule has 0 bridgehead atoms. The van der Waals surface area contributed by atoms with Crippen molar-refractivity contribution in [1.82, 2.24) is 15.3 Å². The second kappa shape index (κ2) is 8.06. The monoisotopic (exact) mass is 405 g/mol. The van der Waals surface area contributed by atoms with Crippen LogP contribution >= 0.6 is 22.9 Å². The normalized spacial score (nSPS) is 25.8. The van der Waals surface area contributed by atoms with Crippen LogP contribution in [0, 0.1) is 0 Å². The zero-order chi connectivity index (χ0) is 18.8. The first kappa shape index (κ1) is 18.6. The lowest BCUT2D eigenvalue weighted by molar-refractivity contribution is -0.0349. The number of hydrogen-bond acceptors (Lipinski definition) is 6. The van der Waals surface area contributed by atoms with Crippen LogP contribution in [0.3, 0.4) is 0 Å². The average Bonchev–Trinajstić information content (AvgIpc) is 3.10. The molecule has 2 N–H and O–H groups in total. The zero-order valence-corrected chi connectivity index (χ0v) is 16.2. The van der Waals surface area contributed by atoms with Crippen LogP contribution in [0.1, 0.15) is 42.5 Å². The molecule has 1 fully saturated rings. The van der Waals surface area contributed by atoms with Gasteiger partial charge < -0.3 is 15.2 Å². The van der Waals surface area contributed by atoms with E-state index in [-0.39, 0.29) is 24.2 Å². The summed E-state index contributed by atoms with van der Waals surface area (Å²) < 4.78 is 7.09. The summed E-state index contributed by atoms with van der Waals surface area (Å²) in [6.45, 7) is 0. The lowest BCUT2D eigenvalue weighted by Crippen LogP contribution is -2.36. The number of aromatic nitrogens is 2. The number of ether oxygens (including phenoxy) is 1. The Kier molecular flexibility index (Phi) is 5.54. The van der Waals surface area contributed by atoms with Crippen molar-refractivity contribution in [3.8, 4) is 0 Å². The number of amides is 1. The van der Waals surface area contributed by atoms with Gasteiger partial charge in [-0.2, -0.15) is 0 Å². The Balaban J connectivity index is 1.49. The molecule has 1 saturated carbocycles. The average molecular weight is 406 g/mol. The third kappa shape index (κ3) is 4.21. The third-order valence-electron chi connectivity index (χ3n) is 4.91. The molecule has 27 heavy (non-hydrogen) atoms. The molecule has 1 unspecified atom stereocenters. The molecule has 2 aliphatic carbocycles. The summed E-state index contributed by atoms with van der Waals surface area (Å²) in [7, 11) is 0. The van der Waals surface area contributed by atoms with Crippen LogP contribution in [0.5, 0.6) is 0 Å². The Morgan fingerprint density at radius 2 is 2.15 bits per heavy atom. The van der Waals surface area contributed by atoms with E-state index >= 15 is 0 Å². The van der Waals surface area contributed by atoms with Crippen molar-refractivity contribution in [2.75, 3.05) is 0 Å². The van der Waals surface area contributed by atoms with Crippen molar-refractivity contribution in [1.29, 1.82) is 0 Å². The minimum Gasteiger partial charge on any atom is -0.393 e. The largest absolute Gasteiger partial charge is 0.393 e. The van der Waals surface area contributed by atoms with E-state index in [1.165, 1.54) is 17.7 Å². The number of nitrogens with one attached hydrogen (secondary N) is 1. The van der Waals surface area contributed by atoms with Crippen molar-refractivity contribution in [3.05, 3.63) is 46.3 Å². The molecule has 6 nitrogen and oxygen atoms in total. The first-order chi connectivity index (χ1) is 13.1. The lowest BCUT2D eigenvalue weighted by Gasteiger charge is -2.31. The highest BCUT2D eigenvalue weighted by molar-refractivity contribution is 7.17. The number of thiophene rings is 1. The molecular weight excluding hydrogens is 386 g/mol. The van der Waals surface area contributed by atoms with Gasteiger partial charge in [0.25, 0.3) is 5.91 Å². The van der Waals surface area contributed by atoms with E-state index in [1.807, 2.05) is 6.08 Å². The van der Waals surface area contributed by atoms with Gasteiger partial charge in [-0.25, -0.2) is 9.97 Å². The fourth-order valence-corrected chi connectivity index (χ4v) is 4.52. The van der Waals surface area contributed by atoms with Crippen molar-refractivity contribution >= 4 is 39.1 Å². The van der Waals surface area contributed by atoms with Crippen LogP contribution in [0.2, 0.25) is 0 Å². The topological polar surface area (TPSA) is 84.3 Å². The molecule has 1 amide bonds. The predicted molar refractivity (Wildman–Crippen MR) is 105 cm³/mol. The van der Waals surface area contributed by atoms with Gasteiger partial charge in [-0.15, -0.1) is 11.3 Å². The number of rotatable bonds is 4. The van der Waals surface area contributed by atoms with E-state index in [9.17, 15) is 9.90 Å². The Morgan fingerprint density at radius 1 is 1.33 bits per heavy atom. The molecule has 0 aliphatic heterocycles. The summed E-state index contributed by atoms with van der Waals surface area (Å²) in [6.07, 6.45) is 10.1. The third-order valence-corrected chi connectivity index (χ3v) is 6.08. The van der Waals surface area contributed by atoms with Gasteiger partial charge in [0.15, 0.2) is 0 Å². The van der Waals surface area contributed by atoms with Gasteiger partial charge in [0.2, 0.25) is 0 Å². The highest BCUT2D eigenvalue weighted by Crippen LogP contribution is 2.29. The molecule has 2 aromatic heterocycles. The summed E-state index contributed by atoms with van der Waals surface area (Å²) >= 11 is 7.60. The highest BCUT2D eigenvalue weighted by Gasteiger charge is 2.27. The Bertz CT molecular complexity index is 902. The first-order valence-corrected chi connectivity index (χ1v) is 10.2. The van der Waals surface area contributed by atoms with E-state index in [0.29, 0.717) is 28.2 Å². The SMILES string of the molecule is O=C(NC1=CC(Cl)=CCC1O[C@H]1CC[C@@H](O)CC1)c1csc2cncnc12. The summed E-state index contributed by atoms with van der Waals surface area (Å²) in [5.74, 6) is -0.231. The quantitative estimate of drug-likeness (QED) is 0.812. The number of carbonyl (C=O) groups excluding carboxylic acids is 1. The van der Waals surface area contributed by atoms with Crippen LogP contribution < -0.4 is 5.32 Å². The molecular formula is C19H20ClN3O3S. The van der Waals surface area contributed by atoms with E-state index in [1.54, 1.807) is 17.7 Å². The molecule has 4 rings (SSSR count). The Morgan fingerprint density at radius 3 is 2.96 bits per heavy atom. The van der Waals surface area contributed by atoms with Crippen molar-refractivity contribution in [3.63, 3.8) is 0 Å². The maximum absolute atomic E-state index is 12.8. The number of carbonyl (C=O) groups is 1. The van der Waals surface area contributed by atoms with Gasteiger partial charge in [0.05, 0.1) is 28.0 Å². The van der Waals surface area contributed by atoms with Crippen LogP contribution in [-0.2, 0) is 4.74 Å². The predicted octanol–water partition coefficient (Wildman–Crippen LogP) is 3.52. The molecule has 2 aromatic rings. The molecule has 1 atom stereocenters. The molecule has 142 valence electrons. The van der Waals surface area contributed by atoms with Crippen LogP contribution in [0.25, 0.3) is 10.2 Å². The maximum Gasteiger partial charge on any atom is 0.258 e. The number of hydrogen-bond donors (Lipinski definition) is 2. The van der Waals surface area contributed by atoms with E-state index in [4.69, 9.17) is 16.3 Å². The molecule has 0 radical (unpaired) electrons. The molecule has 2 aliphatic rings. The first-order valence-electron chi connectivity index (χ1n) is 8.99. The van der Waals surface area contributed by atoms with Crippen molar-refractivity contribution in [2.24, 2.45) is 0 Å². The van der Waals surface area contributed by atoms with E-state index in [0.717, 1.165) is 30.4 Å². The smallest absolute Gasteiger partial charge is 0.258 e. The number of allylic oxidation sites excluding steroid dienone is 2. The second-order valence-electron chi connectivity index (χ2n) is 6.82.